The smallest absolute Gasteiger partial charge is 0.251 e. The van der Waals surface area contributed by atoms with E-state index < -0.39 is 23.5 Å². The van der Waals surface area contributed by atoms with Gasteiger partial charge in [0.2, 0.25) is 5.91 Å². The van der Waals surface area contributed by atoms with E-state index in [9.17, 15) is 19.5 Å². The number of amides is 2. The van der Waals surface area contributed by atoms with Crippen LogP contribution in [0.5, 0.6) is 5.75 Å². The van der Waals surface area contributed by atoms with E-state index in [1.807, 2.05) is 0 Å². The highest BCUT2D eigenvalue weighted by molar-refractivity contribution is 9.10. The van der Waals surface area contributed by atoms with Crippen molar-refractivity contribution < 1.29 is 24.2 Å². The largest absolute Gasteiger partial charge is 0.508 e. The molecule has 1 heterocycles. The average Bonchev–Trinajstić information content (AvgIpc) is 2.96. The van der Waals surface area contributed by atoms with Crippen LogP contribution in [0.15, 0.2) is 53.0 Å². The molecule has 0 radical (unpaired) electrons. The van der Waals surface area contributed by atoms with Gasteiger partial charge < -0.3 is 20.5 Å². The maximum Gasteiger partial charge on any atom is 0.251 e. The molecule has 8 heteroatoms. The summed E-state index contributed by atoms with van der Waals surface area (Å²) in [5, 5.41) is 15.2. The van der Waals surface area contributed by atoms with Crippen molar-refractivity contribution >= 4 is 33.5 Å². The van der Waals surface area contributed by atoms with Gasteiger partial charge in [0.05, 0.1) is 12.0 Å². The molecule has 158 valence electrons. The summed E-state index contributed by atoms with van der Waals surface area (Å²) in [6.45, 7) is 3.34. The van der Waals surface area contributed by atoms with Gasteiger partial charge in [-0.15, -0.1) is 0 Å². The maximum absolute atomic E-state index is 13.1. The van der Waals surface area contributed by atoms with E-state index in [4.69, 9.17) is 4.74 Å². The van der Waals surface area contributed by atoms with Gasteiger partial charge in [0.15, 0.2) is 5.78 Å². The van der Waals surface area contributed by atoms with Gasteiger partial charge in [-0.2, -0.15) is 0 Å². The van der Waals surface area contributed by atoms with Crippen LogP contribution in [0.3, 0.4) is 0 Å². The van der Waals surface area contributed by atoms with Crippen LogP contribution in [-0.4, -0.2) is 47.5 Å². The Balaban J connectivity index is 1.79. The molecule has 3 unspecified atom stereocenters. The van der Waals surface area contributed by atoms with Crippen LogP contribution in [0.25, 0.3) is 0 Å². The molecular formula is C22H23BrN2O5. The maximum atomic E-state index is 13.1. The van der Waals surface area contributed by atoms with E-state index in [0.717, 1.165) is 4.47 Å². The van der Waals surface area contributed by atoms with Gasteiger partial charge in [-0.3, -0.25) is 14.4 Å². The summed E-state index contributed by atoms with van der Waals surface area (Å²) in [7, 11) is 0. The zero-order chi connectivity index (χ0) is 21.9. The topological polar surface area (TPSA) is 105 Å². The third kappa shape index (κ3) is 4.71. The first-order valence-corrected chi connectivity index (χ1v) is 10.3. The van der Waals surface area contributed by atoms with E-state index in [2.05, 4.69) is 26.6 Å². The van der Waals surface area contributed by atoms with Crippen LogP contribution in [0, 0.1) is 0 Å². The van der Waals surface area contributed by atoms with Crippen molar-refractivity contribution in [2.24, 2.45) is 0 Å². The predicted molar refractivity (Wildman–Crippen MR) is 114 cm³/mol. The van der Waals surface area contributed by atoms with Crippen LogP contribution < -0.4 is 10.6 Å². The number of aromatic hydroxyl groups is 1. The monoisotopic (exact) mass is 474 g/mol. The van der Waals surface area contributed by atoms with Gasteiger partial charge in [0.25, 0.3) is 5.91 Å². The lowest BCUT2D eigenvalue weighted by molar-refractivity contribution is -0.130. The second-order valence-electron chi connectivity index (χ2n) is 7.43. The molecule has 3 rings (SSSR count). The van der Waals surface area contributed by atoms with Crippen LogP contribution in [0.1, 0.15) is 35.7 Å². The number of benzene rings is 2. The first kappa shape index (κ1) is 22.0. The van der Waals surface area contributed by atoms with E-state index in [0.29, 0.717) is 11.1 Å². The Morgan fingerprint density at radius 2 is 1.83 bits per heavy atom. The van der Waals surface area contributed by atoms with Crippen molar-refractivity contribution in [2.75, 3.05) is 13.2 Å². The molecule has 1 aliphatic heterocycles. The molecular weight excluding hydrogens is 452 g/mol. The summed E-state index contributed by atoms with van der Waals surface area (Å²) in [5.74, 6) is -1.63. The molecule has 7 nitrogen and oxygen atoms in total. The first-order valence-electron chi connectivity index (χ1n) is 9.50. The Hall–Kier alpha value is -2.71. The molecule has 1 saturated heterocycles. The predicted octanol–water partition coefficient (Wildman–Crippen LogP) is 2.53. The van der Waals surface area contributed by atoms with Gasteiger partial charge in [0, 0.05) is 16.6 Å². The Bertz CT molecular complexity index is 945. The minimum atomic E-state index is -1.14. The van der Waals surface area contributed by atoms with Crippen molar-refractivity contribution in [3.8, 4) is 5.75 Å². The number of hydrogen-bond donors (Lipinski definition) is 3. The SMILES string of the molecule is CC1OCC(=O)C1(C)NC(=O)C(CNC(=O)c1ccc(Br)cc1)c1ccc(O)cc1. The lowest BCUT2D eigenvalue weighted by atomic mass is 9.90. The highest BCUT2D eigenvalue weighted by Crippen LogP contribution is 2.25. The number of Topliss-reactive ketones (excluding diaryl/α,β-unsaturated/α-hetero) is 1. The third-order valence-corrected chi connectivity index (χ3v) is 5.95. The quantitative estimate of drug-likeness (QED) is 0.596. The summed E-state index contributed by atoms with van der Waals surface area (Å²) in [6.07, 6.45) is -0.466. The molecule has 1 aliphatic rings. The fourth-order valence-corrected chi connectivity index (χ4v) is 3.49. The van der Waals surface area contributed by atoms with Crippen LogP contribution in [0.4, 0.5) is 0 Å². The Morgan fingerprint density at radius 3 is 2.40 bits per heavy atom. The van der Waals surface area contributed by atoms with Gasteiger partial charge in [-0.05, 0) is 55.8 Å². The number of carbonyl (C=O) groups is 3. The van der Waals surface area contributed by atoms with E-state index in [-0.39, 0.29) is 30.6 Å². The van der Waals surface area contributed by atoms with E-state index in [1.165, 1.54) is 12.1 Å². The number of phenols is 1. The highest BCUT2D eigenvalue weighted by Gasteiger charge is 2.47. The summed E-state index contributed by atoms with van der Waals surface area (Å²) < 4.78 is 6.23. The molecule has 0 spiro atoms. The minimum absolute atomic E-state index is 0.0189. The third-order valence-electron chi connectivity index (χ3n) is 5.42. The molecule has 0 aliphatic carbocycles. The summed E-state index contributed by atoms with van der Waals surface area (Å²) in [6, 6.07) is 13.0. The lowest BCUT2D eigenvalue weighted by Crippen LogP contribution is -2.57. The van der Waals surface area contributed by atoms with Crippen molar-refractivity contribution in [2.45, 2.75) is 31.4 Å². The van der Waals surface area contributed by atoms with Crippen LogP contribution in [0.2, 0.25) is 0 Å². The molecule has 2 aromatic carbocycles. The van der Waals surface area contributed by atoms with E-state index >= 15 is 0 Å². The van der Waals surface area contributed by atoms with Gasteiger partial charge >= 0.3 is 0 Å². The number of ketones is 1. The molecule has 3 N–H and O–H groups in total. The number of phenolic OH excluding ortho intramolecular Hbond substituents is 1. The van der Waals surface area contributed by atoms with Crippen molar-refractivity contribution in [1.82, 2.24) is 10.6 Å². The molecule has 0 bridgehead atoms. The fourth-order valence-electron chi connectivity index (χ4n) is 3.23. The standard InChI is InChI=1S/C22H23BrN2O5/c1-13-22(2,19(27)12-30-13)25-21(29)18(14-5-9-17(26)10-6-14)11-24-20(28)15-3-7-16(23)8-4-15/h3-10,13,18,26H,11-12H2,1-2H3,(H,24,28)(H,25,29). The summed E-state index contributed by atoms with van der Waals surface area (Å²) >= 11 is 3.33. The van der Waals surface area contributed by atoms with Crippen molar-refractivity contribution in [1.29, 1.82) is 0 Å². The second kappa shape index (κ2) is 8.97. The molecule has 1 fully saturated rings. The van der Waals surface area contributed by atoms with Crippen molar-refractivity contribution in [3.63, 3.8) is 0 Å². The normalized spacial score (nSPS) is 21.8. The Morgan fingerprint density at radius 1 is 1.20 bits per heavy atom. The Kier molecular flexibility index (Phi) is 6.58. The highest BCUT2D eigenvalue weighted by atomic mass is 79.9. The number of halogens is 1. The number of ether oxygens (including phenoxy) is 1. The molecule has 2 aromatic rings. The molecule has 0 aromatic heterocycles. The second-order valence-corrected chi connectivity index (χ2v) is 8.34. The first-order chi connectivity index (χ1) is 14.2. The number of nitrogens with one attached hydrogen (secondary N) is 2. The van der Waals surface area contributed by atoms with Crippen LogP contribution >= 0.6 is 15.9 Å². The van der Waals surface area contributed by atoms with Crippen LogP contribution in [-0.2, 0) is 14.3 Å². The van der Waals surface area contributed by atoms with Gasteiger partial charge in [0.1, 0.15) is 17.9 Å². The molecule has 2 amide bonds. The molecule has 0 saturated carbocycles. The number of carbonyl (C=O) groups excluding carboxylic acids is 3. The molecule has 3 atom stereocenters. The van der Waals surface area contributed by atoms with Gasteiger partial charge in [-0.1, -0.05) is 28.1 Å². The minimum Gasteiger partial charge on any atom is -0.508 e. The average molecular weight is 475 g/mol. The fraction of sp³-hybridized carbons (Fsp3) is 0.318. The summed E-state index contributed by atoms with van der Waals surface area (Å²) in [5.41, 5.74) is -0.0749. The zero-order valence-corrected chi connectivity index (χ0v) is 18.2. The molecule has 30 heavy (non-hydrogen) atoms. The van der Waals surface area contributed by atoms with Crippen molar-refractivity contribution in [3.05, 3.63) is 64.1 Å². The van der Waals surface area contributed by atoms with Gasteiger partial charge in [-0.25, -0.2) is 0 Å². The number of hydrogen-bond acceptors (Lipinski definition) is 5. The summed E-state index contributed by atoms with van der Waals surface area (Å²) in [4.78, 5) is 37.9. The van der Waals surface area contributed by atoms with E-state index in [1.54, 1.807) is 50.2 Å². The number of rotatable bonds is 6. The zero-order valence-electron chi connectivity index (χ0n) is 16.6. The lowest BCUT2D eigenvalue weighted by Gasteiger charge is -2.29. The Labute approximate surface area is 182 Å².